The van der Waals surface area contributed by atoms with Crippen molar-refractivity contribution in [1.82, 2.24) is 15.2 Å². The lowest BCUT2D eigenvalue weighted by molar-refractivity contribution is -0.146. The third-order valence-electron chi connectivity index (χ3n) is 3.27. The third kappa shape index (κ3) is 2.34. The molecule has 96 valence electrons. The molecule has 2 atom stereocenters. The van der Waals surface area contributed by atoms with E-state index in [2.05, 4.69) is 10.3 Å². The molecule has 0 aliphatic carbocycles. The van der Waals surface area contributed by atoms with Crippen LogP contribution in [0.2, 0.25) is 0 Å². The number of carbonyl (C=O) groups excluding carboxylic acids is 2. The first kappa shape index (κ1) is 12.5. The second kappa shape index (κ2) is 5.16. The molecular weight excluding hydrogens is 230 g/mol. The molecule has 1 aliphatic rings. The molecule has 0 spiro atoms. The van der Waals surface area contributed by atoms with Crippen molar-refractivity contribution < 1.29 is 9.59 Å². The fraction of sp³-hybridized carbons (Fsp3) is 0.462. The summed E-state index contributed by atoms with van der Waals surface area (Å²) >= 11 is 0. The minimum absolute atomic E-state index is 0.0200. The highest BCUT2D eigenvalue weighted by Crippen LogP contribution is 2.22. The number of amides is 2. The Morgan fingerprint density at radius 2 is 2.33 bits per heavy atom. The van der Waals surface area contributed by atoms with Gasteiger partial charge < -0.3 is 10.2 Å². The van der Waals surface area contributed by atoms with E-state index in [1.165, 1.54) is 0 Å². The average molecular weight is 247 g/mol. The Balaban J connectivity index is 2.21. The van der Waals surface area contributed by atoms with Gasteiger partial charge in [0.05, 0.1) is 6.04 Å². The number of nitrogens with zero attached hydrogens (tertiary/aromatic N) is 2. The minimum atomic E-state index is -0.398. The van der Waals surface area contributed by atoms with Gasteiger partial charge in [-0.15, -0.1) is 0 Å². The fourth-order valence-electron chi connectivity index (χ4n) is 2.14. The molecule has 0 radical (unpaired) electrons. The van der Waals surface area contributed by atoms with Crippen LogP contribution >= 0.6 is 0 Å². The molecule has 1 saturated heterocycles. The van der Waals surface area contributed by atoms with E-state index in [4.69, 9.17) is 0 Å². The van der Waals surface area contributed by atoms with Gasteiger partial charge in [0.1, 0.15) is 12.6 Å². The molecule has 1 aromatic rings. The molecule has 0 saturated carbocycles. The summed E-state index contributed by atoms with van der Waals surface area (Å²) in [7, 11) is 0. The largest absolute Gasteiger partial charge is 0.343 e. The third-order valence-corrected chi connectivity index (χ3v) is 3.27. The van der Waals surface area contributed by atoms with Crippen molar-refractivity contribution in [2.45, 2.75) is 32.4 Å². The SMILES string of the molecule is CCC1NC(=O)CN(C(C)c2cccnc2)C1=O. The molecule has 0 bridgehead atoms. The molecule has 2 amide bonds. The molecule has 2 rings (SSSR count). The number of nitrogens with one attached hydrogen (secondary N) is 1. The highest BCUT2D eigenvalue weighted by atomic mass is 16.2. The first-order valence-corrected chi connectivity index (χ1v) is 6.13. The normalized spacial score (nSPS) is 21.7. The monoisotopic (exact) mass is 247 g/mol. The van der Waals surface area contributed by atoms with Crippen LogP contribution in [-0.2, 0) is 9.59 Å². The van der Waals surface area contributed by atoms with Crippen molar-refractivity contribution >= 4 is 11.8 Å². The van der Waals surface area contributed by atoms with Crippen molar-refractivity contribution in [3.05, 3.63) is 30.1 Å². The number of aromatic nitrogens is 1. The number of hydrogen-bond acceptors (Lipinski definition) is 3. The van der Waals surface area contributed by atoms with Gasteiger partial charge in [-0.05, 0) is 25.0 Å². The van der Waals surface area contributed by atoms with Gasteiger partial charge >= 0.3 is 0 Å². The molecular formula is C13H17N3O2. The topological polar surface area (TPSA) is 62.3 Å². The van der Waals surface area contributed by atoms with Crippen LogP contribution in [0.25, 0.3) is 0 Å². The zero-order chi connectivity index (χ0) is 13.1. The standard InChI is InChI=1S/C13H17N3O2/c1-3-11-13(18)16(8-12(17)15-11)9(2)10-5-4-6-14-7-10/h4-7,9,11H,3,8H2,1-2H3,(H,15,17). The molecule has 2 heterocycles. The van der Waals surface area contributed by atoms with Gasteiger partial charge in [0.15, 0.2) is 0 Å². The van der Waals surface area contributed by atoms with Crippen molar-refractivity contribution in [3.63, 3.8) is 0 Å². The number of carbonyl (C=O) groups is 2. The Morgan fingerprint density at radius 3 is 2.94 bits per heavy atom. The fourth-order valence-corrected chi connectivity index (χ4v) is 2.14. The molecule has 1 fully saturated rings. The Kier molecular flexibility index (Phi) is 3.60. The Labute approximate surface area is 106 Å². The van der Waals surface area contributed by atoms with Crippen LogP contribution in [0.15, 0.2) is 24.5 Å². The Bertz CT molecular complexity index is 447. The molecule has 2 unspecified atom stereocenters. The quantitative estimate of drug-likeness (QED) is 0.862. The van der Waals surface area contributed by atoms with Gasteiger partial charge in [0.25, 0.3) is 0 Å². The molecule has 5 heteroatoms. The summed E-state index contributed by atoms with van der Waals surface area (Å²) in [6.45, 7) is 3.92. The van der Waals surface area contributed by atoms with Gasteiger partial charge in [-0.1, -0.05) is 13.0 Å². The Hall–Kier alpha value is -1.91. The lowest BCUT2D eigenvalue weighted by atomic mass is 10.0. The number of pyridine rings is 1. The summed E-state index contributed by atoms with van der Waals surface area (Å²) in [6, 6.07) is 3.22. The second-order valence-electron chi connectivity index (χ2n) is 4.46. The van der Waals surface area contributed by atoms with E-state index in [0.717, 1.165) is 5.56 Å². The highest BCUT2D eigenvalue weighted by molar-refractivity contribution is 5.95. The zero-order valence-corrected chi connectivity index (χ0v) is 10.6. The van der Waals surface area contributed by atoms with Crippen LogP contribution in [0.4, 0.5) is 0 Å². The molecule has 5 nitrogen and oxygen atoms in total. The van der Waals surface area contributed by atoms with Crippen LogP contribution in [0.3, 0.4) is 0 Å². The van der Waals surface area contributed by atoms with E-state index in [1.54, 1.807) is 17.3 Å². The summed E-state index contributed by atoms with van der Waals surface area (Å²) in [5, 5.41) is 2.71. The molecule has 1 N–H and O–H groups in total. The summed E-state index contributed by atoms with van der Waals surface area (Å²) in [4.78, 5) is 29.5. The number of hydrogen-bond donors (Lipinski definition) is 1. The summed E-state index contributed by atoms with van der Waals surface area (Å²) in [5.74, 6) is -0.120. The van der Waals surface area contributed by atoms with E-state index in [9.17, 15) is 9.59 Å². The average Bonchev–Trinajstić information content (AvgIpc) is 2.41. The predicted molar refractivity (Wildman–Crippen MR) is 66.6 cm³/mol. The zero-order valence-electron chi connectivity index (χ0n) is 10.6. The van der Waals surface area contributed by atoms with Crippen LogP contribution in [0.1, 0.15) is 31.9 Å². The maximum Gasteiger partial charge on any atom is 0.246 e. The van der Waals surface area contributed by atoms with E-state index < -0.39 is 6.04 Å². The number of rotatable bonds is 3. The molecule has 0 aromatic carbocycles. The smallest absolute Gasteiger partial charge is 0.246 e. The van der Waals surface area contributed by atoms with Gasteiger partial charge in [0, 0.05) is 12.4 Å². The number of piperazine rings is 1. The van der Waals surface area contributed by atoms with Crippen molar-refractivity contribution in [1.29, 1.82) is 0 Å². The maximum absolute atomic E-state index is 12.2. The predicted octanol–water partition coefficient (Wildman–Crippen LogP) is 0.880. The first-order chi connectivity index (χ1) is 8.63. The van der Waals surface area contributed by atoms with Gasteiger partial charge in [-0.25, -0.2) is 0 Å². The van der Waals surface area contributed by atoms with E-state index in [0.29, 0.717) is 6.42 Å². The van der Waals surface area contributed by atoms with E-state index in [-0.39, 0.29) is 24.4 Å². The van der Waals surface area contributed by atoms with Crippen molar-refractivity contribution in [2.24, 2.45) is 0 Å². The van der Waals surface area contributed by atoms with Crippen molar-refractivity contribution in [2.75, 3.05) is 6.54 Å². The highest BCUT2D eigenvalue weighted by Gasteiger charge is 2.34. The van der Waals surface area contributed by atoms with Crippen LogP contribution in [0, 0.1) is 0 Å². The van der Waals surface area contributed by atoms with Gasteiger partial charge in [0.2, 0.25) is 11.8 Å². The summed E-state index contributed by atoms with van der Waals surface area (Å²) in [5.41, 5.74) is 0.940. The van der Waals surface area contributed by atoms with E-state index >= 15 is 0 Å². The van der Waals surface area contributed by atoms with Crippen LogP contribution in [-0.4, -0.2) is 34.3 Å². The van der Waals surface area contributed by atoms with Crippen LogP contribution in [0.5, 0.6) is 0 Å². The lowest BCUT2D eigenvalue weighted by Gasteiger charge is -2.36. The second-order valence-corrected chi connectivity index (χ2v) is 4.46. The maximum atomic E-state index is 12.2. The van der Waals surface area contributed by atoms with Crippen LogP contribution < -0.4 is 5.32 Å². The minimum Gasteiger partial charge on any atom is -0.343 e. The van der Waals surface area contributed by atoms with Gasteiger partial charge in [-0.3, -0.25) is 14.6 Å². The van der Waals surface area contributed by atoms with Crippen molar-refractivity contribution in [3.8, 4) is 0 Å². The first-order valence-electron chi connectivity index (χ1n) is 6.13. The van der Waals surface area contributed by atoms with Gasteiger partial charge in [-0.2, -0.15) is 0 Å². The summed E-state index contributed by atoms with van der Waals surface area (Å²) in [6.07, 6.45) is 4.03. The summed E-state index contributed by atoms with van der Waals surface area (Å²) < 4.78 is 0. The van der Waals surface area contributed by atoms with E-state index in [1.807, 2.05) is 26.0 Å². The Morgan fingerprint density at radius 1 is 1.56 bits per heavy atom. The lowest BCUT2D eigenvalue weighted by Crippen LogP contribution is -2.58. The molecule has 1 aromatic heterocycles. The molecule has 1 aliphatic heterocycles. The molecule has 18 heavy (non-hydrogen) atoms.